The van der Waals surface area contributed by atoms with E-state index in [-0.39, 0.29) is 18.3 Å². The molecule has 1 aromatic rings. The van der Waals surface area contributed by atoms with Gasteiger partial charge in [0.1, 0.15) is 5.75 Å². The maximum atomic E-state index is 11.9. The van der Waals surface area contributed by atoms with Crippen molar-refractivity contribution in [2.75, 3.05) is 13.7 Å². The molecule has 0 saturated heterocycles. The highest BCUT2D eigenvalue weighted by atomic mass is 16.6. The topological polar surface area (TPSA) is 88.0 Å². The molecule has 0 aliphatic rings. The van der Waals surface area contributed by atoms with Gasteiger partial charge in [0.05, 0.1) is 18.6 Å². The molecule has 0 radical (unpaired) electrons. The zero-order valence-corrected chi connectivity index (χ0v) is 13.5. The van der Waals surface area contributed by atoms with Gasteiger partial charge in [-0.15, -0.1) is 0 Å². The Bertz CT molecular complexity index is 484. The zero-order chi connectivity index (χ0) is 16.8. The van der Waals surface area contributed by atoms with Gasteiger partial charge in [-0.3, -0.25) is 10.1 Å². The van der Waals surface area contributed by atoms with Gasteiger partial charge < -0.3 is 19.7 Å². The van der Waals surface area contributed by atoms with E-state index in [4.69, 9.17) is 9.47 Å². The number of hydrogen-bond donors (Lipinski definition) is 3. The fourth-order valence-corrected chi connectivity index (χ4v) is 1.99. The molecule has 0 heterocycles. The van der Waals surface area contributed by atoms with Crippen LogP contribution in [0, 0.1) is 5.92 Å². The van der Waals surface area contributed by atoms with Crippen LogP contribution in [0.15, 0.2) is 24.3 Å². The van der Waals surface area contributed by atoms with Crippen LogP contribution in [0.3, 0.4) is 0 Å². The molecule has 3 N–H and O–H groups in total. The quantitative estimate of drug-likeness (QED) is 0.521. The van der Waals surface area contributed by atoms with E-state index in [1.165, 1.54) is 7.11 Å². The second kappa shape index (κ2) is 8.12. The Kier molecular flexibility index (Phi) is 6.80. The van der Waals surface area contributed by atoms with Gasteiger partial charge in [0.2, 0.25) is 6.41 Å². The summed E-state index contributed by atoms with van der Waals surface area (Å²) in [5.41, 5.74) is 0.307. The van der Waals surface area contributed by atoms with Crippen molar-refractivity contribution >= 4 is 5.97 Å². The molecule has 0 aliphatic carbocycles. The third-order valence-electron chi connectivity index (χ3n) is 2.93. The average molecular weight is 311 g/mol. The first-order chi connectivity index (χ1) is 10.2. The summed E-state index contributed by atoms with van der Waals surface area (Å²) >= 11 is 0. The number of rotatable bonds is 7. The summed E-state index contributed by atoms with van der Waals surface area (Å²) < 4.78 is 10.1. The number of phenols is 1. The average Bonchev–Trinajstić information content (AvgIpc) is 2.40. The van der Waals surface area contributed by atoms with E-state index in [0.717, 1.165) is 5.56 Å². The van der Waals surface area contributed by atoms with Crippen molar-refractivity contribution in [3.05, 3.63) is 29.8 Å². The summed E-state index contributed by atoms with van der Waals surface area (Å²) in [5, 5.41) is 22.0. The third-order valence-corrected chi connectivity index (χ3v) is 2.93. The molecule has 6 heteroatoms. The van der Waals surface area contributed by atoms with E-state index >= 15 is 0 Å². The van der Waals surface area contributed by atoms with Crippen molar-refractivity contribution in [2.24, 2.45) is 5.92 Å². The number of carbonyl (C=O) groups is 1. The molecule has 0 bridgehead atoms. The molecule has 124 valence electrons. The molecule has 2 atom stereocenters. The molecule has 0 aromatic heterocycles. The molecule has 1 rings (SSSR count). The van der Waals surface area contributed by atoms with Crippen LogP contribution in [0.2, 0.25) is 0 Å². The smallest absolute Gasteiger partial charge is 0.310 e. The van der Waals surface area contributed by atoms with Crippen LogP contribution in [-0.2, 0) is 20.7 Å². The number of aliphatic hydroxyl groups is 1. The molecule has 22 heavy (non-hydrogen) atoms. The summed E-state index contributed by atoms with van der Waals surface area (Å²) in [4.78, 5) is 11.9. The highest BCUT2D eigenvalue weighted by Crippen LogP contribution is 2.16. The van der Waals surface area contributed by atoms with Crippen LogP contribution in [0.25, 0.3) is 0 Å². The highest BCUT2D eigenvalue weighted by Gasteiger charge is 2.23. The summed E-state index contributed by atoms with van der Waals surface area (Å²) in [6.45, 7) is 5.66. The van der Waals surface area contributed by atoms with Crippen molar-refractivity contribution in [1.82, 2.24) is 5.32 Å². The van der Waals surface area contributed by atoms with Crippen molar-refractivity contribution in [3.63, 3.8) is 0 Å². The Hall–Kier alpha value is -1.63. The van der Waals surface area contributed by atoms with E-state index in [9.17, 15) is 15.0 Å². The summed E-state index contributed by atoms with van der Waals surface area (Å²) in [5.74, 6) is -0.742. The molecule has 0 saturated carbocycles. The van der Waals surface area contributed by atoms with Crippen LogP contribution in [0.1, 0.15) is 26.3 Å². The lowest BCUT2D eigenvalue weighted by molar-refractivity contribution is -0.183. The van der Waals surface area contributed by atoms with Gasteiger partial charge in [0.15, 0.2) is 0 Å². The molecule has 0 amide bonds. The number of carbonyl (C=O) groups excluding carboxylic acids is 1. The summed E-state index contributed by atoms with van der Waals surface area (Å²) in [6, 6.07) is 6.69. The second-order valence-electron chi connectivity index (χ2n) is 6.08. The number of ether oxygens (including phenoxy) is 2. The first-order valence-electron chi connectivity index (χ1n) is 7.16. The van der Waals surface area contributed by atoms with Gasteiger partial charge in [-0.2, -0.15) is 0 Å². The lowest BCUT2D eigenvalue weighted by Gasteiger charge is -2.25. The fraction of sp³-hybridized carbons (Fsp3) is 0.562. The SMILES string of the molecule is COC(=O)C(CNC(O)OC(C)(C)C)Cc1cccc(O)c1. The summed E-state index contributed by atoms with van der Waals surface area (Å²) in [7, 11) is 1.32. The monoisotopic (exact) mass is 311 g/mol. The van der Waals surface area contributed by atoms with Gasteiger partial charge in [-0.25, -0.2) is 0 Å². The lowest BCUT2D eigenvalue weighted by Crippen LogP contribution is -2.42. The van der Waals surface area contributed by atoms with Crippen LogP contribution in [-0.4, -0.2) is 41.9 Å². The predicted octanol–water partition coefficient (Wildman–Crippen LogP) is 1.40. The first kappa shape index (κ1) is 18.4. The molecule has 0 fully saturated rings. The lowest BCUT2D eigenvalue weighted by atomic mass is 9.99. The largest absolute Gasteiger partial charge is 0.508 e. The Labute approximate surface area is 131 Å². The minimum Gasteiger partial charge on any atom is -0.508 e. The number of hydrogen-bond acceptors (Lipinski definition) is 6. The van der Waals surface area contributed by atoms with Crippen LogP contribution < -0.4 is 5.32 Å². The maximum absolute atomic E-state index is 11.9. The molecule has 6 nitrogen and oxygen atoms in total. The Morgan fingerprint density at radius 1 is 1.36 bits per heavy atom. The van der Waals surface area contributed by atoms with Crippen molar-refractivity contribution < 1.29 is 24.5 Å². The van der Waals surface area contributed by atoms with Gasteiger partial charge in [-0.05, 0) is 44.9 Å². The van der Waals surface area contributed by atoms with Crippen molar-refractivity contribution in [1.29, 1.82) is 0 Å². The van der Waals surface area contributed by atoms with Gasteiger partial charge >= 0.3 is 5.97 Å². The van der Waals surface area contributed by atoms with E-state index < -0.39 is 17.9 Å². The van der Waals surface area contributed by atoms with Crippen LogP contribution >= 0.6 is 0 Å². The first-order valence-corrected chi connectivity index (χ1v) is 7.16. The van der Waals surface area contributed by atoms with E-state index in [1.807, 2.05) is 26.8 Å². The van der Waals surface area contributed by atoms with Gasteiger partial charge in [-0.1, -0.05) is 12.1 Å². The Morgan fingerprint density at radius 2 is 2.05 bits per heavy atom. The number of nitrogens with one attached hydrogen (secondary N) is 1. The molecule has 2 unspecified atom stereocenters. The zero-order valence-electron chi connectivity index (χ0n) is 13.5. The van der Waals surface area contributed by atoms with Crippen LogP contribution in [0.5, 0.6) is 5.75 Å². The second-order valence-corrected chi connectivity index (χ2v) is 6.08. The number of esters is 1. The maximum Gasteiger partial charge on any atom is 0.310 e. The molecule has 0 aliphatic heterocycles. The molecule has 0 spiro atoms. The number of aliphatic hydroxyl groups excluding tert-OH is 1. The van der Waals surface area contributed by atoms with Crippen molar-refractivity contribution in [3.8, 4) is 5.75 Å². The van der Waals surface area contributed by atoms with Crippen LogP contribution in [0.4, 0.5) is 0 Å². The van der Waals surface area contributed by atoms with Gasteiger partial charge in [0.25, 0.3) is 0 Å². The molecule has 1 aromatic carbocycles. The van der Waals surface area contributed by atoms with E-state index in [0.29, 0.717) is 6.42 Å². The highest BCUT2D eigenvalue weighted by molar-refractivity contribution is 5.73. The van der Waals surface area contributed by atoms with E-state index in [1.54, 1.807) is 18.2 Å². The predicted molar refractivity (Wildman–Crippen MR) is 82.2 cm³/mol. The Morgan fingerprint density at radius 3 is 2.59 bits per heavy atom. The Balaban J connectivity index is 2.63. The third kappa shape index (κ3) is 6.89. The molecular weight excluding hydrogens is 286 g/mol. The number of phenolic OH excluding ortho intramolecular Hbond substituents is 1. The van der Waals surface area contributed by atoms with Gasteiger partial charge in [0, 0.05) is 6.54 Å². The number of aromatic hydroxyl groups is 1. The summed E-state index contributed by atoms with van der Waals surface area (Å²) in [6.07, 6.45) is -0.785. The standard InChI is InChI=1S/C16H25NO5/c1-16(2,3)22-15(20)17-10-12(14(19)21-4)8-11-6-5-7-13(18)9-11/h5-7,9,12,15,17-18,20H,8,10H2,1-4H3. The van der Waals surface area contributed by atoms with Crippen molar-refractivity contribution in [2.45, 2.75) is 39.2 Å². The number of methoxy groups -OCH3 is 1. The fourth-order valence-electron chi connectivity index (χ4n) is 1.99. The normalized spacial score (nSPS) is 14.4. The minimum atomic E-state index is -1.17. The van der Waals surface area contributed by atoms with E-state index in [2.05, 4.69) is 5.32 Å². The minimum absolute atomic E-state index is 0.144. The molecular formula is C16H25NO5. The number of benzene rings is 1.